The van der Waals surface area contributed by atoms with E-state index in [0.717, 1.165) is 49.7 Å². The van der Waals surface area contributed by atoms with Gasteiger partial charge in [-0.05, 0) is 69.5 Å². The molecule has 0 spiro atoms. The van der Waals surface area contributed by atoms with Gasteiger partial charge in [0.25, 0.3) is 0 Å². The lowest BCUT2D eigenvalue weighted by Gasteiger charge is -2.32. The minimum absolute atomic E-state index is 0.0247. The summed E-state index contributed by atoms with van der Waals surface area (Å²) in [5.74, 6) is -0.404. The summed E-state index contributed by atoms with van der Waals surface area (Å²) in [4.78, 5) is 20.8. The smallest absolute Gasteiger partial charge is 0.339 e. The van der Waals surface area contributed by atoms with Crippen LogP contribution in [0.2, 0.25) is 5.02 Å². The summed E-state index contributed by atoms with van der Waals surface area (Å²) < 4.78 is 19.0. The Morgan fingerprint density at radius 2 is 1.90 bits per heavy atom. The van der Waals surface area contributed by atoms with Crippen molar-refractivity contribution in [3.05, 3.63) is 82.4 Å². The minimum atomic E-state index is -0.897. The molecular weight excluding hydrogens is 544 g/mol. The van der Waals surface area contributed by atoms with Gasteiger partial charge >= 0.3 is 5.97 Å². The third-order valence-electron chi connectivity index (χ3n) is 6.79. The van der Waals surface area contributed by atoms with Gasteiger partial charge < -0.3 is 19.1 Å². The summed E-state index contributed by atoms with van der Waals surface area (Å²) in [5.41, 5.74) is 5.04. The van der Waals surface area contributed by atoms with Crippen LogP contribution in [0.3, 0.4) is 0 Å². The summed E-state index contributed by atoms with van der Waals surface area (Å²) in [6.45, 7) is 12.0. The van der Waals surface area contributed by atoms with Gasteiger partial charge in [-0.1, -0.05) is 65.4 Å². The molecule has 0 N–H and O–H groups in total. The zero-order valence-corrected chi connectivity index (χ0v) is 25.1. The molecule has 40 heavy (non-hydrogen) atoms. The molecule has 210 valence electrons. The fourth-order valence-electron chi connectivity index (χ4n) is 5.06. The van der Waals surface area contributed by atoms with Crippen LogP contribution >= 0.6 is 22.9 Å². The highest BCUT2D eigenvalue weighted by molar-refractivity contribution is 7.22. The van der Waals surface area contributed by atoms with E-state index in [1.165, 1.54) is 0 Å². The molecule has 2 atom stereocenters. The molecule has 4 aromatic rings. The van der Waals surface area contributed by atoms with Crippen LogP contribution in [0, 0.1) is 6.92 Å². The number of carbonyl (C=O) groups is 1. The second kappa shape index (κ2) is 11.9. The summed E-state index contributed by atoms with van der Waals surface area (Å²) in [7, 11) is 0. The van der Waals surface area contributed by atoms with Crippen molar-refractivity contribution in [1.82, 2.24) is 4.98 Å². The maximum absolute atomic E-state index is 13.4. The molecule has 1 unspecified atom stereocenters. The lowest BCUT2D eigenvalue weighted by atomic mass is 9.91. The highest BCUT2D eigenvalue weighted by atomic mass is 35.5. The molecule has 1 aliphatic rings. The first-order chi connectivity index (χ1) is 19.1. The summed E-state index contributed by atoms with van der Waals surface area (Å²) in [6.07, 6.45) is -0.921. The van der Waals surface area contributed by atoms with Crippen LogP contribution in [0.5, 0.6) is 0 Å². The fourth-order valence-corrected chi connectivity index (χ4v) is 6.35. The topological polar surface area (TPSA) is 60.9 Å². The monoisotopic (exact) mass is 578 g/mol. The predicted octanol–water partition coefficient (Wildman–Crippen LogP) is 7.92. The predicted molar refractivity (Wildman–Crippen MR) is 162 cm³/mol. The highest BCUT2D eigenvalue weighted by Gasteiger charge is 2.34. The van der Waals surface area contributed by atoms with Gasteiger partial charge in [0.1, 0.15) is 6.10 Å². The molecule has 0 aliphatic carbocycles. The number of benzene rings is 3. The van der Waals surface area contributed by atoms with E-state index in [1.54, 1.807) is 11.3 Å². The molecule has 0 bridgehead atoms. The Morgan fingerprint density at radius 1 is 1.18 bits per heavy atom. The lowest BCUT2D eigenvalue weighted by Crippen LogP contribution is -2.38. The van der Waals surface area contributed by atoms with E-state index in [2.05, 4.69) is 23.1 Å². The molecule has 5 rings (SSSR count). The van der Waals surface area contributed by atoms with Crippen molar-refractivity contribution < 1.29 is 19.0 Å². The van der Waals surface area contributed by atoms with Gasteiger partial charge in [-0.3, -0.25) is 0 Å². The Kier molecular flexibility index (Phi) is 8.47. The zero-order chi connectivity index (χ0) is 28.4. The van der Waals surface area contributed by atoms with Crippen LogP contribution in [-0.2, 0) is 19.0 Å². The maximum atomic E-state index is 13.4. The van der Waals surface area contributed by atoms with Crippen molar-refractivity contribution in [1.29, 1.82) is 0 Å². The first kappa shape index (κ1) is 28.6. The first-order valence-corrected chi connectivity index (χ1v) is 14.8. The van der Waals surface area contributed by atoms with E-state index in [9.17, 15) is 4.79 Å². The normalized spacial score (nSPS) is 16.8. The van der Waals surface area contributed by atoms with E-state index in [1.807, 2.05) is 77.1 Å². The standard InChI is InChI=1S/C32H35ClN2O4S/c1-6-37-30(36)28(39-32(3,4)5)26-20(2)18-24-29(27(26)22-12-14-23(33)15-13-22)40-31(34-24)35-16-17-38-25(19-35)21-10-8-7-9-11-21/h7-15,18,25,28H,6,16-17,19H2,1-5H3/t25?,28-/m0/s1. The first-order valence-electron chi connectivity index (χ1n) is 13.6. The second-order valence-electron chi connectivity index (χ2n) is 10.9. The zero-order valence-electron chi connectivity index (χ0n) is 23.6. The molecule has 2 heterocycles. The third-order valence-corrected chi connectivity index (χ3v) is 8.19. The molecule has 3 aromatic carbocycles. The van der Waals surface area contributed by atoms with Gasteiger partial charge in [0, 0.05) is 22.7 Å². The number of nitrogens with zero attached hydrogens (tertiary/aromatic N) is 2. The Bertz CT molecular complexity index is 1480. The third kappa shape index (κ3) is 6.18. The Balaban J connectivity index is 1.65. The quantitative estimate of drug-likeness (QED) is 0.208. The van der Waals surface area contributed by atoms with E-state index in [-0.39, 0.29) is 12.7 Å². The number of thiazole rings is 1. The Labute approximate surface area is 244 Å². The molecule has 0 saturated carbocycles. The van der Waals surface area contributed by atoms with Crippen LogP contribution < -0.4 is 4.90 Å². The summed E-state index contributed by atoms with van der Waals surface area (Å²) in [5, 5.41) is 1.57. The SMILES string of the molecule is CCOC(=O)[C@@H](OC(C)(C)C)c1c(C)cc2nc(N3CCOC(c4ccccc4)C3)sc2c1-c1ccc(Cl)cc1. The van der Waals surface area contributed by atoms with Crippen LogP contribution in [-0.4, -0.2) is 42.9 Å². The van der Waals surface area contributed by atoms with Crippen LogP contribution in [0.4, 0.5) is 5.13 Å². The largest absolute Gasteiger partial charge is 0.464 e. The number of aryl methyl sites for hydroxylation is 1. The number of hydrogen-bond acceptors (Lipinski definition) is 7. The van der Waals surface area contributed by atoms with Crippen LogP contribution in [0.15, 0.2) is 60.7 Å². The lowest BCUT2D eigenvalue weighted by molar-refractivity contribution is -0.166. The van der Waals surface area contributed by atoms with Crippen molar-refractivity contribution in [2.45, 2.75) is 52.4 Å². The number of hydrogen-bond donors (Lipinski definition) is 0. The van der Waals surface area contributed by atoms with Gasteiger partial charge in [-0.25, -0.2) is 9.78 Å². The molecule has 1 fully saturated rings. The number of rotatable bonds is 7. The van der Waals surface area contributed by atoms with Gasteiger partial charge in [-0.15, -0.1) is 0 Å². The van der Waals surface area contributed by atoms with Gasteiger partial charge in [-0.2, -0.15) is 0 Å². The minimum Gasteiger partial charge on any atom is -0.464 e. The van der Waals surface area contributed by atoms with Gasteiger partial charge in [0.2, 0.25) is 0 Å². The van der Waals surface area contributed by atoms with Gasteiger partial charge in [0.05, 0.1) is 35.6 Å². The van der Waals surface area contributed by atoms with Crippen molar-refractivity contribution in [3.8, 4) is 11.1 Å². The number of carbonyl (C=O) groups excluding carboxylic acids is 1. The molecule has 1 aromatic heterocycles. The number of aromatic nitrogens is 1. The molecule has 6 nitrogen and oxygen atoms in total. The fraction of sp³-hybridized carbons (Fsp3) is 0.375. The molecule has 1 saturated heterocycles. The molecule has 8 heteroatoms. The van der Waals surface area contributed by atoms with Crippen molar-refractivity contribution in [3.63, 3.8) is 0 Å². The van der Waals surface area contributed by atoms with E-state index < -0.39 is 17.7 Å². The molecule has 0 amide bonds. The highest BCUT2D eigenvalue weighted by Crippen LogP contribution is 2.45. The molecule has 1 aliphatic heterocycles. The van der Waals surface area contributed by atoms with E-state index >= 15 is 0 Å². The average Bonchev–Trinajstić information content (AvgIpc) is 3.35. The summed E-state index contributed by atoms with van der Waals surface area (Å²) >= 11 is 7.90. The Hall–Kier alpha value is -2.97. The number of halogens is 1. The number of fused-ring (bicyclic) bond motifs is 1. The second-order valence-corrected chi connectivity index (χ2v) is 12.3. The van der Waals surface area contributed by atoms with Gasteiger partial charge in [0.15, 0.2) is 11.2 Å². The molecule has 0 radical (unpaired) electrons. The van der Waals surface area contributed by atoms with E-state index in [4.69, 9.17) is 30.8 Å². The van der Waals surface area contributed by atoms with E-state index in [0.29, 0.717) is 18.2 Å². The molecular formula is C32H35ClN2O4S. The average molecular weight is 579 g/mol. The van der Waals surface area contributed by atoms with Crippen molar-refractivity contribution >= 4 is 44.3 Å². The number of anilines is 1. The Morgan fingerprint density at radius 3 is 2.58 bits per heavy atom. The number of ether oxygens (including phenoxy) is 3. The van der Waals surface area contributed by atoms with Crippen LogP contribution in [0.1, 0.15) is 56.6 Å². The van der Waals surface area contributed by atoms with Crippen molar-refractivity contribution in [2.24, 2.45) is 0 Å². The summed E-state index contributed by atoms with van der Waals surface area (Å²) in [6, 6.07) is 20.1. The number of morpholine rings is 1. The number of esters is 1. The van der Waals surface area contributed by atoms with Crippen LogP contribution in [0.25, 0.3) is 21.3 Å². The maximum Gasteiger partial charge on any atom is 0.339 e. The van der Waals surface area contributed by atoms with Crippen molar-refractivity contribution in [2.75, 3.05) is 31.2 Å².